The van der Waals surface area contributed by atoms with Crippen molar-refractivity contribution in [2.75, 3.05) is 0 Å². The van der Waals surface area contributed by atoms with E-state index in [0.29, 0.717) is 5.76 Å². The van der Waals surface area contributed by atoms with Crippen molar-refractivity contribution in [1.29, 1.82) is 0 Å². The SMILES string of the molecule is Cn1cccc1C(O)c1ccco1. The fourth-order valence-corrected chi connectivity index (χ4v) is 1.35. The van der Waals surface area contributed by atoms with Gasteiger partial charge in [-0.25, -0.2) is 0 Å². The zero-order chi connectivity index (χ0) is 9.26. The average molecular weight is 177 g/mol. The molecule has 0 aliphatic carbocycles. The monoisotopic (exact) mass is 177 g/mol. The van der Waals surface area contributed by atoms with Crippen molar-refractivity contribution in [1.82, 2.24) is 4.57 Å². The summed E-state index contributed by atoms with van der Waals surface area (Å²) in [6, 6.07) is 7.29. The molecule has 0 aliphatic heterocycles. The Labute approximate surface area is 76.2 Å². The van der Waals surface area contributed by atoms with E-state index in [4.69, 9.17) is 4.42 Å². The van der Waals surface area contributed by atoms with Crippen molar-refractivity contribution in [3.8, 4) is 0 Å². The fraction of sp³-hybridized carbons (Fsp3) is 0.200. The van der Waals surface area contributed by atoms with Crippen LogP contribution < -0.4 is 0 Å². The van der Waals surface area contributed by atoms with Crippen molar-refractivity contribution in [2.24, 2.45) is 7.05 Å². The van der Waals surface area contributed by atoms with Gasteiger partial charge in [0.2, 0.25) is 0 Å². The van der Waals surface area contributed by atoms with Crippen molar-refractivity contribution in [2.45, 2.75) is 6.10 Å². The smallest absolute Gasteiger partial charge is 0.151 e. The van der Waals surface area contributed by atoms with Crippen LogP contribution in [0.15, 0.2) is 41.1 Å². The van der Waals surface area contributed by atoms with Gasteiger partial charge in [0.15, 0.2) is 6.10 Å². The lowest BCUT2D eigenvalue weighted by Crippen LogP contribution is -2.03. The second-order valence-corrected chi connectivity index (χ2v) is 2.96. The Morgan fingerprint density at radius 1 is 1.38 bits per heavy atom. The van der Waals surface area contributed by atoms with E-state index in [9.17, 15) is 5.11 Å². The molecule has 0 saturated carbocycles. The normalized spacial score (nSPS) is 13.1. The quantitative estimate of drug-likeness (QED) is 0.758. The number of furan rings is 1. The molecule has 0 radical (unpaired) electrons. The third-order valence-electron chi connectivity index (χ3n) is 2.08. The lowest BCUT2D eigenvalue weighted by molar-refractivity contribution is 0.181. The van der Waals surface area contributed by atoms with E-state index in [1.807, 2.05) is 29.9 Å². The summed E-state index contributed by atoms with van der Waals surface area (Å²) in [4.78, 5) is 0. The van der Waals surface area contributed by atoms with Crippen LogP contribution in [0.5, 0.6) is 0 Å². The van der Waals surface area contributed by atoms with Gasteiger partial charge in [0, 0.05) is 13.2 Å². The molecule has 1 unspecified atom stereocenters. The number of rotatable bonds is 2. The Bertz CT molecular complexity index is 375. The first kappa shape index (κ1) is 8.13. The molecular weight excluding hydrogens is 166 g/mol. The van der Waals surface area contributed by atoms with Crippen LogP contribution >= 0.6 is 0 Å². The summed E-state index contributed by atoms with van der Waals surface area (Å²) >= 11 is 0. The van der Waals surface area contributed by atoms with Crippen molar-refractivity contribution in [3.05, 3.63) is 48.2 Å². The first-order valence-electron chi connectivity index (χ1n) is 4.12. The van der Waals surface area contributed by atoms with Gasteiger partial charge in [0.25, 0.3) is 0 Å². The Hall–Kier alpha value is -1.48. The van der Waals surface area contributed by atoms with Gasteiger partial charge in [-0.05, 0) is 24.3 Å². The minimum Gasteiger partial charge on any atom is -0.466 e. The summed E-state index contributed by atoms with van der Waals surface area (Å²) in [5, 5.41) is 9.84. The van der Waals surface area contributed by atoms with Gasteiger partial charge in [-0.15, -0.1) is 0 Å². The van der Waals surface area contributed by atoms with Crippen LogP contribution in [-0.2, 0) is 7.05 Å². The maximum atomic E-state index is 9.84. The molecule has 2 aromatic rings. The predicted molar refractivity (Wildman–Crippen MR) is 48.2 cm³/mol. The average Bonchev–Trinajstić information content (AvgIpc) is 2.72. The number of aliphatic hydroxyl groups excluding tert-OH is 1. The summed E-state index contributed by atoms with van der Waals surface area (Å²) in [7, 11) is 1.89. The van der Waals surface area contributed by atoms with Gasteiger partial charge >= 0.3 is 0 Å². The highest BCUT2D eigenvalue weighted by atomic mass is 16.4. The molecule has 1 atom stereocenters. The Morgan fingerprint density at radius 3 is 2.77 bits per heavy atom. The van der Waals surface area contributed by atoms with Crippen molar-refractivity contribution >= 4 is 0 Å². The van der Waals surface area contributed by atoms with E-state index in [1.54, 1.807) is 18.4 Å². The van der Waals surface area contributed by atoms with Gasteiger partial charge < -0.3 is 14.1 Å². The number of aliphatic hydroxyl groups is 1. The maximum absolute atomic E-state index is 9.84. The van der Waals surface area contributed by atoms with E-state index in [0.717, 1.165) is 5.69 Å². The molecule has 2 aromatic heterocycles. The lowest BCUT2D eigenvalue weighted by atomic mass is 10.2. The van der Waals surface area contributed by atoms with Gasteiger partial charge in [-0.2, -0.15) is 0 Å². The largest absolute Gasteiger partial charge is 0.466 e. The number of nitrogens with zero attached hydrogens (tertiary/aromatic N) is 1. The molecule has 1 N–H and O–H groups in total. The predicted octanol–water partition coefficient (Wildman–Crippen LogP) is 1.70. The molecule has 0 spiro atoms. The van der Waals surface area contributed by atoms with Crippen molar-refractivity contribution in [3.63, 3.8) is 0 Å². The second-order valence-electron chi connectivity index (χ2n) is 2.96. The molecule has 13 heavy (non-hydrogen) atoms. The van der Waals surface area contributed by atoms with E-state index in [2.05, 4.69) is 0 Å². The van der Waals surface area contributed by atoms with E-state index < -0.39 is 6.10 Å². The first-order valence-corrected chi connectivity index (χ1v) is 4.12. The van der Waals surface area contributed by atoms with Crippen LogP contribution in [0.1, 0.15) is 17.6 Å². The second kappa shape index (κ2) is 3.11. The molecule has 3 heteroatoms. The van der Waals surface area contributed by atoms with Crippen molar-refractivity contribution < 1.29 is 9.52 Å². The Kier molecular flexibility index (Phi) is 1.94. The molecule has 3 nitrogen and oxygen atoms in total. The fourth-order valence-electron chi connectivity index (χ4n) is 1.35. The zero-order valence-corrected chi connectivity index (χ0v) is 7.34. The molecule has 0 aliphatic rings. The summed E-state index contributed by atoms with van der Waals surface area (Å²) < 4.78 is 6.98. The molecule has 0 aromatic carbocycles. The first-order chi connectivity index (χ1) is 6.29. The lowest BCUT2D eigenvalue weighted by Gasteiger charge is -2.08. The zero-order valence-electron chi connectivity index (χ0n) is 7.34. The summed E-state index contributed by atoms with van der Waals surface area (Å²) in [5.41, 5.74) is 0.829. The third kappa shape index (κ3) is 1.38. The van der Waals surface area contributed by atoms with Gasteiger partial charge in [-0.3, -0.25) is 0 Å². The molecule has 0 amide bonds. The molecular formula is C10H11NO2. The minimum atomic E-state index is -0.671. The number of aromatic nitrogens is 1. The van der Waals surface area contributed by atoms with Crippen LogP contribution in [0.3, 0.4) is 0 Å². The minimum absolute atomic E-state index is 0.571. The van der Waals surface area contributed by atoms with E-state index in [1.165, 1.54) is 0 Å². The summed E-state index contributed by atoms with van der Waals surface area (Å²) in [5.74, 6) is 0.571. The number of hydrogen-bond donors (Lipinski definition) is 1. The van der Waals surface area contributed by atoms with Crippen LogP contribution in [-0.4, -0.2) is 9.67 Å². The molecule has 68 valence electrons. The standard InChI is InChI=1S/C10H11NO2/c1-11-6-2-4-8(11)10(12)9-5-3-7-13-9/h2-7,10,12H,1H3. The van der Waals surface area contributed by atoms with E-state index in [-0.39, 0.29) is 0 Å². The van der Waals surface area contributed by atoms with Crippen LogP contribution in [0.25, 0.3) is 0 Å². The third-order valence-corrected chi connectivity index (χ3v) is 2.08. The molecule has 2 rings (SSSR count). The highest BCUT2D eigenvalue weighted by Gasteiger charge is 2.14. The number of hydrogen-bond acceptors (Lipinski definition) is 2. The molecule has 0 bridgehead atoms. The highest BCUT2D eigenvalue weighted by Crippen LogP contribution is 2.21. The molecule has 0 fully saturated rings. The van der Waals surface area contributed by atoms with Gasteiger partial charge in [-0.1, -0.05) is 0 Å². The van der Waals surface area contributed by atoms with Crippen LogP contribution in [0, 0.1) is 0 Å². The summed E-state index contributed by atoms with van der Waals surface area (Å²) in [6.07, 6.45) is 2.78. The van der Waals surface area contributed by atoms with Gasteiger partial charge in [0.05, 0.1) is 12.0 Å². The Balaban J connectivity index is 2.33. The van der Waals surface area contributed by atoms with Crippen LogP contribution in [0.4, 0.5) is 0 Å². The topological polar surface area (TPSA) is 38.3 Å². The molecule has 2 heterocycles. The molecule has 0 saturated heterocycles. The van der Waals surface area contributed by atoms with Crippen LogP contribution in [0.2, 0.25) is 0 Å². The highest BCUT2D eigenvalue weighted by molar-refractivity contribution is 5.18. The van der Waals surface area contributed by atoms with Gasteiger partial charge in [0.1, 0.15) is 5.76 Å². The van der Waals surface area contributed by atoms with E-state index >= 15 is 0 Å². The summed E-state index contributed by atoms with van der Waals surface area (Å²) in [6.45, 7) is 0. The maximum Gasteiger partial charge on any atom is 0.151 e. The Morgan fingerprint density at radius 2 is 2.23 bits per heavy atom. The number of aryl methyl sites for hydroxylation is 1.